The number of pyridine rings is 1. The van der Waals surface area contributed by atoms with E-state index in [1.807, 2.05) is 10.8 Å². The summed E-state index contributed by atoms with van der Waals surface area (Å²) in [6.07, 6.45) is 4.06. The van der Waals surface area contributed by atoms with E-state index in [0.717, 1.165) is 25.0 Å². The summed E-state index contributed by atoms with van der Waals surface area (Å²) in [4.78, 5) is 20.4. The van der Waals surface area contributed by atoms with Crippen LogP contribution in [0.3, 0.4) is 0 Å². The quantitative estimate of drug-likeness (QED) is 0.374. The molecule has 2 N–H and O–H groups in total. The molecule has 0 unspecified atom stereocenters. The number of anilines is 2. The van der Waals surface area contributed by atoms with Gasteiger partial charge >= 0.3 is 0 Å². The van der Waals surface area contributed by atoms with Gasteiger partial charge in [-0.3, -0.25) is 14.4 Å². The van der Waals surface area contributed by atoms with Gasteiger partial charge in [-0.15, -0.1) is 0 Å². The third-order valence-electron chi connectivity index (χ3n) is 5.15. The Morgan fingerprint density at radius 3 is 2.72 bits per heavy atom. The number of unbranched alkanes of at least 4 members (excludes halogenated alkanes) is 1. The minimum atomic E-state index is -3.94. The lowest BCUT2D eigenvalue weighted by molar-refractivity contribution is -0.107. The van der Waals surface area contributed by atoms with E-state index in [2.05, 4.69) is 9.97 Å². The molecule has 0 bridgehead atoms. The van der Waals surface area contributed by atoms with Gasteiger partial charge in [0.2, 0.25) is 16.4 Å². The second-order valence-electron chi connectivity index (χ2n) is 7.51. The molecule has 2 heterocycles. The zero-order chi connectivity index (χ0) is 22.9. The SMILES string of the molecule is N#CCCCS(=O)(=O)Nc1cc(F)c(-c2cc(N(C=O)C3CC3)nc3[nH]ccc23)cc1F. The Balaban J connectivity index is 1.73. The number of benzene rings is 1. The monoisotopic (exact) mass is 459 g/mol. The van der Waals surface area contributed by atoms with Gasteiger partial charge < -0.3 is 4.98 Å². The lowest BCUT2D eigenvalue weighted by Crippen LogP contribution is -2.24. The van der Waals surface area contributed by atoms with Crippen molar-refractivity contribution in [3.63, 3.8) is 0 Å². The lowest BCUT2D eigenvalue weighted by atomic mass is 10.0. The van der Waals surface area contributed by atoms with E-state index in [1.54, 1.807) is 12.3 Å². The largest absolute Gasteiger partial charge is 0.346 e. The number of nitriles is 1. The zero-order valence-corrected chi connectivity index (χ0v) is 17.6. The minimum Gasteiger partial charge on any atom is -0.346 e. The fraction of sp³-hybridized carbons (Fsp3) is 0.286. The van der Waals surface area contributed by atoms with E-state index in [1.165, 1.54) is 11.0 Å². The molecule has 3 aromatic rings. The van der Waals surface area contributed by atoms with Gasteiger partial charge in [-0.25, -0.2) is 22.2 Å². The van der Waals surface area contributed by atoms with E-state index in [-0.39, 0.29) is 30.2 Å². The normalized spacial score (nSPS) is 13.7. The molecule has 11 heteroatoms. The first-order valence-electron chi connectivity index (χ1n) is 9.91. The number of amides is 1. The van der Waals surface area contributed by atoms with Gasteiger partial charge in [0.05, 0.1) is 17.5 Å². The number of halogens is 2. The fourth-order valence-corrected chi connectivity index (χ4v) is 4.57. The highest BCUT2D eigenvalue weighted by Gasteiger charge is 2.31. The molecule has 1 saturated carbocycles. The molecule has 2 aromatic heterocycles. The van der Waals surface area contributed by atoms with E-state index in [0.29, 0.717) is 28.8 Å². The topological polar surface area (TPSA) is 119 Å². The molecule has 32 heavy (non-hydrogen) atoms. The number of carbonyl (C=O) groups excluding carboxylic acids is 1. The highest BCUT2D eigenvalue weighted by Crippen LogP contribution is 2.37. The number of aromatic nitrogens is 2. The third-order valence-corrected chi connectivity index (χ3v) is 6.50. The number of nitrogens with zero attached hydrogens (tertiary/aromatic N) is 3. The van der Waals surface area contributed by atoms with Crippen LogP contribution in [0.25, 0.3) is 22.2 Å². The van der Waals surface area contributed by atoms with Crippen LogP contribution in [0.2, 0.25) is 0 Å². The molecule has 4 rings (SSSR count). The summed E-state index contributed by atoms with van der Waals surface area (Å²) in [6.45, 7) is 0. The summed E-state index contributed by atoms with van der Waals surface area (Å²) in [5.41, 5.74) is 0.116. The van der Waals surface area contributed by atoms with Crippen molar-refractivity contribution in [2.24, 2.45) is 0 Å². The van der Waals surface area contributed by atoms with Gasteiger partial charge in [-0.2, -0.15) is 5.26 Å². The molecule has 1 aliphatic rings. The van der Waals surface area contributed by atoms with Crippen molar-refractivity contribution in [1.82, 2.24) is 9.97 Å². The molecular formula is C21H19F2N5O3S. The Hall–Kier alpha value is -3.52. The van der Waals surface area contributed by atoms with Crippen LogP contribution in [0.1, 0.15) is 25.7 Å². The summed E-state index contributed by atoms with van der Waals surface area (Å²) in [5.74, 6) is -1.87. The smallest absolute Gasteiger partial charge is 0.232 e. The number of nitrogens with one attached hydrogen (secondary N) is 2. The van der Waals surface area contributed by atoms with Crippen LogP contribution in [0, 0.1) is 23.0 Å². The number of hydrogen-bond acceptors (Lipinski definition) is 5. The second-order valence-corrected chi connectivity index (χ2v) is 9.35. The Morgan fingerprint density at radius 2 is 2.03 bits per heavy atom. The maximum absolute atomic E-state index is 15.1. The average molecular weight is 459 g/mol. The highest BCUT2D eigenvalue weighted by molar-refractivity contribution is 7.92. The molecule has 0 spiro atoms. The van der Waals surface area contributed by atoms with Crippen molar-refractivity contribution >= 4 is 39.0 Å². The Morgan fingerprint density at radius 1 is 1.25 bits per heavy atom. The van der Waals surface area contributed by atoms with Crippen LogP contribution in [-0.4, -0.2) is 36.6 Å². The second kappa shape index (κ2) is 8.55. The average Bonchev–Trinajstić information content (AvgIpc) is 3.46. The highest BCUT2D eigenvalue weighted by atomic mass is 32.2. The van der Waals surface area contributed by atoms with Crippen molar-refractivity contribution in [2.45, 2.75) is 31.7 Å². The number of rotatable bonds is 9. The summed E-state index contributed by atoms with van der Waals surface area (Å²) in [7, 11) is -3.94. The van der Waals surface area contributed by atoms with Crippen molar-refractivity contribution in [1.29, 1.82) is 5.26 Å². The van der Waals surface area contributed by atoms with E-state index >= 15 is 4.39 Å². The van der Waals surface area contributed by atoms with Gasteiger partial charge in [-0.1, -0.05) is 0 Å². The number of sulfonamides is 1. The maximum atomic E-state index is 15.1. The van der Waals surface area contributed by atoms with E-state index in [4.69, 9.17) is 5.26 Å². The van der Waals surface area contributed by atoms with Gasteiger partial charge in [0, 0.05) is 35.7 Å². The summed E-state index contributed by atoms with van der Waals surface area (Å²) in [5, 5.41) is 9.06. The number of hydrogen-bond donors (Lipinski definition) is 2. The van der Waals surface area contributed by atoms with Gasteiger partial charge in [0.1, 0.15) is 23.1 Å². The first-order valence-corrected chi connectivity index (χ1v) is 11.6. The molecule has 0 aliphatic heterocycles. The van der Waals surface area contributed by atoms with Crippen molar-refractivity contribution in [2.75, 3.05) is 15.4 Å². The van der Waals surface area contributed by atoms with Crippen LogP contribution in [0.4, 0.5) is 20.3 Å². The van der Waals surface area contributed by atoms with E-state index < -0.39 is 27.3 Å². The standard InChI is InChI=1S/C21H19F2N5O3S/c22-17-11-19(27-32(30,31)8-2-1-6-24)18(23)9-16(17)15-10-20(28(12-29)13-3-4-13)26-21-14(15)5-7-25-21/h5,7,9-13,27H,1-4,8H2,(H,25,26). The van der Waals surface area contributed by atoms with Crippen LogP contribution < -0.4 is 9.62 Å². The van der Waals surface area contributed by atoms with Gasteiger partial charge in [0.25, 0.3) is 0 Å². The predicted octanol–water partition coefficient (Wildman–Crippen LogP) is 3.68. The number of aromatic amines is 1. The number of H-pyrrole nitrogens is 1. The summed E-state index contributed by atoms with van der Waals surface area (Å²) >= 11 is 0. The Labute approximate surface area is 182 Å². The zero-order valence-electron chi connectivity index (χ0n) is 16.8. The van der Waals surface area contributed by atoms with Crippen molar-refractivity contribution in [3.05, 3.63) is 42.1 Å². The molecule has 1 aromatic carbocycles. The summed E-state index contributed by atoms with van der Waals surface area (Å²) < 4.78 is 56.1. The van der Waals surface area contributed by atoms with Crippen LogP contribution >= 0.6 is 0 Å². The van der Waals surface area contributed by atoms with Gasteiger partial charge in [-0.05, 0) is 43.0 Å². The van der Waals surface area contributed by atoms with Crippen LogP contribution in [0.5, 0.6) is 0 Å². The molecule has 166 valence electrons. The molecule has 1 fully saturated rings. The fourth-order valence-electron chi connectivity index (χ4n) is 3.45. The molecule has 8 nitrogen and oxygen atoms in total. The maximum Gasteiger partial charge on any atom is 0.232 e. The van der Waals surface area contributed by atoms with Gasteiger partial charge in [0.15, 0.2) is 0 Å². The first kappa shape index (κ1) is 21.7. The number of carbonyl (C=O) groups is 1. The van der Waals surface area contributed by atoms with E-state index in [9.17, 15) is 17.6 Å². The first-order chi connectivity index (χ1) is 15.3. The van der Waals surface area contributed by atoms with Crippen LogP contribution in [-0.2, 0) is 14.8 Å². The minimum absolute atomic E-state index is 0.0275. The van der Waals surface area contributed by atoms with Crippen molar-refractivity contribution in [3.8, 4) is 17.2 Å². The summed E-state index contributed by atoms with van der Waals surface area (Å²) in [6, 6.07) is 6.73. The van der Waals surface area contributed by atoms with Crippen LogP contribution in [0.15, 0.2) is 30.5 Å². The molecule has 0 radical (unpaired) electrons. The lowest BCUT2D eigenvalue weighted by Gasteiger charge is -2.17. The Bertz CT molecular complexity index is 1330. The number of fused-ring (bicyclic) bond motifs is 1. The predicted molar refractivity (Wildman–Crippen MR) is 115 cm³/mol. The molecule has 1 aliphatic carbocycles. The third kappa shape index (κ3) is 4.40. The molecule has 0 atom stereocenters. The molecule has 1 amide bonds. The Kier molecular flexibility index (Phi) is 5.80. The van der Waals surface area contributed by atoms with Crippen molar-refractivity contribution < 1.29 is 22.0 Å². The molecule has 0 saturated heterocycles. The molecular weight excluding hydrogens is 440 g/mol.